The fourth-order valence-electron chi connectivity index (χ4n) is 6.34. The maximum atomic E-state index is 12.9. The van der Waals surface area contributed by atoms with Crippen LogP contribution in [-0.4, -0.2) is 73.4 Å². The van der Waals surface area contributed by atoms with Crippen molar-refractivity contribution < 1.29 is 32.9 Å². The van der Waals surface area contributed by atoms with Crippen molar-refractivity contribution in [1.29, 1.82) is 0 Å². The molecule has 0 spiro atoms. The summed E-state index contributed by atoms with van der Waals surface area (Å²) in [6, 6.07) is -0.851. The molecule has 9 heteroatoms. The van der Waals surface area contributed by atoms with E-state index in [0.29, 0.717) is 17.4 Å². The maximum absolute atomic E-state index is 12.9. The van der Waals surface area contributed by atoms with E-state index in [1.165, 1.54) is 77.0 Å². The molecule has 0 aliphatic heterocycles. The molecule has 0 aromatic carbocycles. The summed E-state index contributed by atoms with van der Waals surface area (Å²) < 4.78 is 23.5. The first-order valence-electron chi connectivity index (χ1n) is 24.0. The summed E-state index contributed by atoms with van der Waals surface area (Å²) in [5.41, 5.74) is 0. The second-order valence-corrected chi connectivity index (χ2v) is 18.6. The quantitative estimate of drug-likeness (QED) is 0.0244. The molecule has 0 heterocycles. The largest absolute Gasteiger partial charge is 0.472 e. The number of unbranched alkanes of at least 4 members (excludes halogenated alkanes) is 17. The number of carbonyl (C=O) groups is 1. The van der Waals surface area contributed by atoms with Crippen LogP contribution in [-0.2, 0) is 18.4 Å². The predicted octanol–water partition coefficient (Wildman–Crippen LogP) is 13.7. The average molecular weight is 860 g/mol. The van der Waals surface area contributed by atoms with Crippen LogP contribution in [0.5, 0.6) is 0 Å². The van der Waals surface area contributed by atoms with E-state index in [4.69, 9.17) is 9.05 Å². The van der Waals surface area contributed by atoms with Crippen molar-refractivity contribution in [3.8, 4) is 0 Å². The van der Waals surface area contributed by atoms with Gasteiger partial charge in [-0.1, -0.05) is 189 Å². The predicted molar refractivity (Wildman–Crippen MR) is 258 cm³/mol. The van der Waals surface area contributed by atoms with Gasteiger partial charge in [-0.05, 0) is 70.6 Å². The van der Waals surface area contributed by atoms with Crippen LogP contribution in [0.3, 0.4) is 0 Å². The molecule has 60 heavy (non-hydrogen) atoms. The Hall–Kier alpha value is -2.32. The van der Waals surface area contributed by atoms with Gasteiger partial charge in [0, 0.05) is 6.42 Å². The molecule has 0 bridgehead atoms. The number of rotatable bonds is 42. The van der Waals surface area contributed by atoms with E-state index in [9.17, 15) is 19.4 Å². The fourth-order valence-corrected chi connectivity index (χ4v) is 7.07. The van der Waals surface area contributed by atoms with Crippen LogP contribution in [0.25, 0.3) is 0 Å². The zero-order valence-electron chi connectivity index (χ0n) is 39.2. The van der Waals surface area contributed by atoms with E-state index in [-0.39, 0.29) is 19.1 Å². The number of phosphoric acid groups is 1. The normalized spacial score (nSPS) is 15.0. The van der Waals surface area contributed by atoms with Crippen LogP contribution in [0.1, 0.15) is 181 Å². The van der Waals surface area contributed by atoms with Crippen LogP contribution in [0.4, 0.5) is 0 Å². The van der Waals surface area contributed by atoms with Crippen LogP contribution in [0, 0.1) is 0 Å². The van der Waals surface area contributed by atoms with E-state index >= 15 is 0 Å². The molecule has 0 fully saturated rings. The lowest BCUT2D eigenvalue weighted by atomic mass is 10.0. The van der Waals surface area contributed by atoms with Crippen molar-refractivity contribution in [3.05, 3.63) is 85.1 Å². The molecule has 3 N–H and O–H groups in total. The van der Waals surface area contributed by atoms with Gasteiger partial charge in [0.1, 0.15) is 13.2 Å². The number of nitrogens with zero attached hydrogens (tertiary/aromatic N) is 1. The number of quaternary nitrogens is 1. The standard InChI is InChI=1S/C51H91N2O6P/c1-6-8-10-12-14-16-17-18-19-20-21-22-23-24-25-26-27-28-29-30-31-32-33-34-35-37-39-41-43-45-51(55)52-49(48-59-60(56,57)58-47-46-53(3,4)5)50(54)44-42-40-38-36-15-13-11-9-7-2/h8,10,14,16,18-19,21-22,24-25,27-28,42,44,49-50,54H,6-7,9,11-13,15,17,20,23,26,29-41,43,45-48H2,1-5H3,(H-,52,55,56,57)/p+1/b10-8-,16-14-,19-18-,22-21-,25-24-,28-27-,44-42+. The molecule has 3 unspecified atom stereocenters. The number of hydrogen-bond donors (Lipinski definition) is 3. The highest BCUT2D eigenvalue weighted by molar-refractivity contribution is 7.47. The second kappa shape index (κ2) is 42.0. The molecule has 3 atom stereocenters. The topological polar surface area (TPSA) is 105 Å². The highest BCUT2D eigenvalue weighted by Crippen LogP contribution is 2.43. The SMILES string of the molecule is CC/C=C\C/C=C\C/C=C\C/C=C\C/C=C\C/C=C\CCCCCCCCCCCCC(=O)NC(COP(=O)(O)OCC[N+](C)(C)C)C(O)/C=C/CCCCCCCCC. The van der Waals surface area contributed by atoms with Gasteiger partial charge >= 0.3 is 7.82 Å². The first-order valence-corrected chi connectivity index (χ1v) is 25.5. The molecular weight excluding hydrogens is 768 g/mol. The lowest BCUT2D eigenvalue weighted by Crippen LogP contribution is -2.45. The molecule has 8 nitrogen and oxygen atoms in total. The summed E-state index contributed by atoms with van der Waals surface area (Å²) in [4.78, 5) is 23.1. The van der Waals surface area contributed by atoms with Gasteiger partial charge in [-0.15, -0.1) is 0 Å². The Morgan fingerprint density at radius 3 is 1.47 bits per heavy atom. The molecule has 0 radical (unpaired) electrons. The lowest BCUT2D eigenvalue weighted by molar-refractivity contribution is -0.870. The summed E-state index contributed by atoms with van der Waals surface area (Å²) >= 11 is 0. The van der Waals surface area contributed by atoms with E-state index in [1.807, 2.05) is 27.2 Å². The summed E-state index contributed by atoms with van der Waals surface area (Å²) in [6.07, 6.45) is 58.1. The Bertz CT molecular complexity index is 1250. The monoisotopic (exact) mass is 860 g/mol. The van der Waals surface area contributed by atoms with Crippen molar-refractivity contribution in [3.63, 3.8) is 0 Å². The van der Waals surface area contributed by atoms with Gasteiger partial charge in [-0.25, -0.2) is 4.57 Å². The third kappa shape index (κ3) is 43.8. The van der Waals surface area contributed by atoms with Gasteiger partial charge in [-0.3, -0.25) is 13.8 Å². The Kier molecular flexibility index (Phi) is 40.4. The molecular formula is C51H92N2O6P+. The highest BCUT2D eigenvalue weighted by Gasteiger charge is 2.27. The van der Waals surface area contributed by atoms with Gasteiger partial charge in [0.05, 0.1) is 39.9 Å². The maximum Gasteiger partial charge on any atom is 0.472 e. The summed E-state index contributed by atoms with van der Waals surface area (Å²) in [5.74, 6) is -0.189. The van der Waals surface area contributed by atoms with Crippen molar-refractivity contribution in [2.45, 2.75) is 193 Å². The number of carbonyl (C=O) groups excluding carboxylic acids is 1. The number of likely N-dealkylation sites (N-methyl/N-ethyl adjacent to an activating group) is 1. The number of aliphatic hydroxyl groups excluding tert-OH is 1. The third-order valence-electron chi connectivity index (χ3n) is 10.1. The smallest absolute Gasteiger partial charge is 0.387 e. The first-order chi connectivity index (χ1) is 29.0. The van der Waals surface area contributed by atoms with Crippen molar-refractivity contribution in [2.75, 3.05) is 40.9 Å². The first kappa shape index (κ1) is 57.7. The fraction of sp³-hybridized carbons (Fsp3) is 0.706. The van der Waals surface area contributed by atoms with Crippen LogP contribution in [0.15, 0.2) is 85.1 Å². The zero-order chi connectivity index (χ0) is 44.3. The lowest BCUT2D eigenvalue weighted by Gasteiger charge is -2.25. The summed E-state index contributed by atoms with van der Waals surface area (Å²) in [6.45, 7) is 4.64. The zero-order valence-corrected chi connectivity index (χ0v) is 40.1. The third-order valence-corrected chi connectivity index (χ3v) is 11.1. The van der Waals surface area contributed by atoms with Crippen LogP contribution >= 0.6 is 7.82 Å². The number of amides is 1. The van der Waals surface area contributed by atoms with Crippen molar-refractivity contribution in [1.82, 2.24) is 5.32 Å². The van der Waals surface area contributed by atoms with E-state index in [1.54, 1.807) is 6.08 Å². The Morgan fingerprint density at radius 1 is 0.583 bits per heavy atom. The minimum absolute atomic E-state index is 0.0565. The number of hydrogen-bond acceptors (Lipinski definition) is 5. The van der Waals surface area contributed by atoms with E-state index in [2.05, 4.69) is 92.1 Å². The van der Waals surface area contributed by atoms with E-state index in [0.717, 1.165) is 83.5 Å². The van der Waals surface area contributed by atoms with Crippen molar-refractivity contribution >= 4 is 13.7 Å². The minimum atomic E-state index is -4.34. The van der Waals surface area contributed by atoms with Crippen LogP contribution in [0.2, 0.25) is 0 Å². The average Bonchev–Trinajstić information content (AvgIpc) is 3.20. The molecule has 0 saturated heterocycles. The molecule has 1 amide bonds. The Morgan fingerprint density at radius 2 is 1.00 bits per heavy atom. The summed E-state index contributed by atoms with van der Waals surface area (Å²) in [7, 11) is 1.55. The summed E-state index contributed by atoms with van der Waals surface area (Å²) in [5, 5.41) is 13.8. The molecule has 0 aromatic rings. The molecule has 0 aromatic heterocycles. The van der Waals surface area contributed by atoms with Crippen LogP contribution < -0.4 is 5.32 Å². The van der Waals surface area contributed by atoms with Gasteiger partial charge < -0.3 is 19.8 Å². The minimum Gasteiger partial charge on any atom is -0.387 e. The van der Waals surface area contributed by atoms with Gasteiger partial charge in [0.2, 0.25) is 5.91 Å². The van der Waals surface area contributed by atoms with Gasteiger partial charge in [0.15, 0.2) is 0 Å². The number of nitrogens with one attached hydrogen (secondary N) is 1. The van der Waals surface area contributed by atoms with Gasteiger partial charge in [0.25, 0.3) is 0 Å². The molecule has 0 aliphatic rings. The Balaban J connectivity index is 4.16. The molecule has 0 aliphatic carbocycles. The number of aliphatic hydroxyl groups is 1. The number of phosphoric ester groups is 1. The van der Waals surface area contributed by atoms with Gasteiger partial charge in [-0.2, -0.15) is 0 Å². The molecule has 346 valence electrons. The second-order valence-electron chi connectivity index (χ2n) is 17.1. The van der Waals surface area contributed by atoms with E-state index < -0.39 is 20.0 Å². The molecule has 0 rings (SSSR count). The highest BCUT2D eigenvalue weighted by atomic mass is 31.2. The number of allylic oxidation sites excluding steroid dienone is 13. The van der Waals surface area contributed by atoms with Crippen molar-refractivity contribution in [2.24, 2.45) is 0 Å². The Labute approximate surface area is 369 Å². The molecule has 0 saturated carbocycles.